The van der Waals surface area contributed by atoms with Crippen LogP contribution in [-0.4, -0.2) is 19.5 Å². The van der Waals surface area contributed by atoms with Crippen LogP contribution in [0.4, 0.5) is 0 Å². The van der Waals surface area contributed by atoms with Gasteiger partial charge in [-0.25, -0.2) is 4.98 Å². The minimum Gasteiger partial charge on any atom is -0.277 e. The molecular formula is C37H22N4. The molecule has 4 nitrogen and oxygen atoms in total. The molecule has 0 saturated heterocycles. The number of aromatic nitrogens is 4. The monoisotopic (exact) mass is 522 g/mol. The molecule has 1 aliphatic carbocycles. The standard InChI is InChI=1S/C37H22N4/c1-3-12-23(13-4-1)35-38-36(24-14-5-2-6-15-24)40-37(39-35)41-32-21-10-9-18-27(32)31-22-30-26-17-8-7-16-25(26)28-19-11-20-29(33(28)30)34(31)41/h1-22H. The lowest BCUT2D eigenvalue weighted by molar-refractivity contribution is 0.955. The van der Waals surface area contributed by atoms with E-state index in [1.807, 2.05) is 60.7 Å². The third kappa shape index (κ3) is 3.19. The molecule has 1 aliphatic rings. The Morgan fingerprint density at radius 2 is 0.976 bits per heavy atom. The summed E-state index contributed by atoms with van der Waals surface area (Å²) in [6.45, 7) is 0. The lowest BCUT2D eigenvalue weighted by atomic mass is 9.99. The molecule has 0 spiro atoms. The molecule has 4 heteroatoms. The molecule has 190 valence electrons. The molecule has 0 unspecified atom stereocenters. The predicted molar refractivity (Wildman–Crippen MR) is 167 cm³/mol. The fourth-order valence-electron chi connectivity index (χ4n) is 6.43. The van der Waals surface area contributed by atoms with Gasteiger partial charge in [-0.15, -0.1) is 0 Å². The number of hydrogen-bond donors (Lipinski definition) is 0. The van der Waals surface area contributed by atoms with Crippen LogP contribution in [0, 0.1) is 0 Å². The number of rotatable bonds is 3. The smallest absolute Gasteiger partial charge is 0.238 e. The van der Waals surface area contributed by atoms with Crippen LogP contribution < -0.4 is 0 Å². The molecule has 0 aliphatic heterocycles. The fraction of sp³-hybridized carbons (Fsp3) is 0. The maximum Gasteiger partial charge on any atom is 0.238 e. The quantitative estimate of drug-likeness (QED) is 0.232. The second-order valence-corrected chi connectivity index (χ2v) is 10.5. The number of benzene rings is 6. The molecule has 0 atom stereocenters. The number of hydrogen-bond acceptors (Lipinski definition) is 3. The average molecular weight is 523 g/mol. The Morgan fingerprint density at radius 1 is 0.415 bits per heavy atom. The lowest BCUT2D eigenvalue weighted by Gasteiger charge is -2.12. The highest BCUT2D eigenvalue weighted by molar-refractivity contribution is 6.27. The molecule has 41 heavy (non-hydrogen) atoms. The third-order valence-electron chi connectivity index (χ3n) is 8.19. The predicted octanol–water partition coefficient (Wildman–Crippen LogP) is 9.10. The Kier molecular flexibility index (Phi) is 4.58. The summed E-state index contributed by atoms with van der Waals surface area (Å²) in [6, 6.07) is 46.6. The minimum atomic E-state index is 0.611. The molecule has 9 rings (SSSR count). The van der Waals surface area contributed by atoms with Crippen molar-refractivity contribution in [2.45, 2.75) is 0 Å². The second kappa shape index (κ2) is 8.44. The summed E-state index contributed by atoms with van der Waals surface area (Å²) in [4.78, 5) is 15.2. The van der Waals surface area contributed by atoms with Gasteiger partial charge < -0.3 is 0 Å². The highest BCUT2D eigenvalue weighted by atomic mass is 15.2. The first-order valence-corrected chi connectivity index (χ1v) is 13.8. The highest BCUT2D eigenvalue weighted by Gasteiger charge is 2.26. The van der Waals surface area contributed by atoms with Crippen molar-refractivity contribution >= 4 is 32.6 Å². The summed E-state index contributed by atoms with van der Waals surface area (Å²) in [5.74, 6) is 1.91. The van der Waals surface area contributed by atoms with Gasteiger partial charge in [0, 0.05) is 27.3 Å². The van der Waals surface area contributed by atoms with E-state index in [0.717, 1.165) is 22.2 Å². The molecule has 6 aromatic carbocycles. The molecule has 0 bridgehead atoms. The van der Waals surface area contributed by atoms with Crippen LogP contribution in [-0.2, 0) is 0 Å². The number of para-hydroxylation sites is 1. The van der Waals surface area contributed by atoms with Gasteiger partial charge in [-0.2, -0.15) is 9.97 Å². The van der Waals surface area contributed by atoms with Gasteiger partial charge in [-0.1, -0.05) is 121 Å². The first-order chi connectivity index (χ1) is 20.3. The summed E-state index contributed by atoms with van der Waals surface area (Å²) in [7, 11) is 0. The first-order valence-electron chi connectivity index (χ1n) is 13.8. The molecule has 0 saturated carbocycles. The second-order valence-electron chi connectivity index (χ2n) is 10.5. The van der Waals surface area contributed by atoms with Crippen molar-refractivity contribution < 1.29 is 0 Å². The normalized spacial score (nSPS) is 11.9. The SMILES string of the molecule is c1ccc(-c2nc(-c3ccccc3)nc(-n3c4ccccc4c4cc5c6c(cccc6c43)-c3ccccc3-5)n2)cc1. The van der Waals surface area contributed by atoms with Gasteiger partial charge in [0.2, 0.25) is 5.95 Å². The van der Waals surface area contributed by atoms with Crippen molar-refractivity contribution in [1.82, 2.24) is 19.5 Å². The lowest BCUT2D eigenvalue weighted by Crippen LogP contribution is -2.06. The van der Waals surface area contributed by atoms with Gasteiger partial charge >= 0.3 is 0 Å². The van der Waals surface area contributed by atoms with Crippen molar-refractivity contribution in [3.05, 3.63) is 133 Å². The Bertz CT molecular complexity index is 2240. The third-order valence-corrected chi connectivity index (χ3v) is 8.19. The van der Waals surface area contributed by atoms with Crippen LogP contribution in [0.1, 0.15) is 0 Å². The van der Waals surface area contributed by atoms with Crippen LogP contribution in [0.2, 0.25) is 0 Å². The minimum absolute atomic E-state index is 0.611. The molecule has 0 amide bonds. The summed E-state index contributed by atoms with van der Waals surface area (Å²) in [5.41, 5.74) is 9.23. The van der Waals surface area contributed by atoms with Gasteiger partial charge in [-0.05, 0) is 39.8 Å². The van der Waals surface area contributed by atoms with Crippen molar-refractivity contribution in [3.8, 4) is 51.0 Å². The molecule has 0 radical (unpaired) electrons. The van der Waals surface area contributed by atoms with Gasteiger partial charge in [0.25, 0.3) is 0 Å². The van der Waals surface area contributed by atoms with Crippen molar-refractivity contribution in [2.24, 2.45) is 0 Å². The van der Waals surface area contributed by atoms with Gasteiger partial charge in [-0.3, -0.25) is 4.57 Å². The Morgan fingerprint density at radius 3 is 1.68 bits per heavy atom. The zero-order valence-electron chi connectivity index (χ0n) is 22.0. The van der Waals surface area contributed by atoms with Crippen molar-refractivity contribution in [1.29, 1.82) is 0 Å². The maximum atomic E-state index is 5.12. The molecular weight excluding hydrogens is 500 g/mol. The zero-order chi connectivity index (χ0) is 26.9. The van der Waals surface area contributed by atoms with Crippen LogP contribution in [0.3, 0.4) is 0 Å². The van der Waals surface area contributed by atoms with Crippen LogP contribution in [0.5, 0.6) is 0 Å². The summed E-state index contributed by atoms with van der Waals surface area (Å²) in [6.07, 6.45) is 0. The Balaban J connectivity index is 1.44. The molecule has 0 N–H and O–H groups in total. The largest absolute Gasteiger partial charge is 0.277 e. The van der Waals surface area contributed by atoms with E-state index in [1.54, 1.807) is 0 Å². The van der Waals surface area contributed by atoms with Gasteiger partial charge in [0.1, 0.15) is 0 Å². The van der Waals surface area contributed by atoms with E-state index in [2.05, 4.69) is 77.4 Å². The van der Waals surface area contributed by atoms with E-state index in [1.165, 1.54) is 43.8 Å². The average Bonchev–Trinajstić information content (AvgIpc) is 3.56. The number of nitrogens with zero attached hydrogens (tertiary/aromatic N) is 4. The Labute approximate surface area is 236 Å². The number of fused-ring (bicyclic) bond motifs is 7. The van der Waals surface area contributed by atoms with E-state index in [-0.39, 0.29) is 0 Å². The van der Waals surface area contributed by atoms with Crippen molar-refractivity contribution in [3.63, 3.8) is 0 Å². The fourth-order valence-corrected chi connectivity index (χ4v) is 6.43. The highest BCUT2D eigenvalue weighted by Crippen LogP contribution is 2.50. The molecule has 2 heterocycles. The summed E-state index contributed by atoms with van der Waals surface area (Å²) >= 11 is 0. The summed E-state index contributed by atoms with van der Waals surface area (Å²) in [5, 5.41) is 4.86. The molecule has 8 aromatic rings. The van der Waals surface area contributed by atoms with E-state index < -0.39 is 0 Å². The van der Waals surface area contributed by atoms with Gasteiger partial charge in [0.15, 0.2) is 11.6 Å². The summed E-state index contributed by atoms with van der Waals surface area (Å²) < 4.78 is 2.23. The molecule has 0 fully saturated rings. The van der Waals surface area contributed by atoms with E-state index in [0.29, 0.717) is 17.6 Å². The van der Waals surface area contributed by atoms with Crippen molar-refractivity contribution in [2.75, 3.05) is 0 Å². The molecule has 2 aromatic heterocycles. The van der Waals surface area contributed by atoms with E-state index in [9.17, 15) is 0 Å². The van der Waals surface area contributed by atoms with E-state index in [4.69, 9.17) is 15.0 Å². The van der Waals surface area contributed by atoms with Gasteiger partial charge in [0.05, 0.1) is 11.0 Å². The topological polar surface area (TPSA) is 43.6 Å². The maximum absolute atomic E-state index is 5.12. The first kappa shape index (κ1) is 22.2. The van der Waals surface area contributed by atoms with Crippen LogP contribution >= 0.6 is 0 Å². The Hall–Kier alpha value is -5.61. The van der Waals surface area contributed by atoms with Crippen LogP contribution in [0.25, 0.3) is 83.6 Å². The zero-order valence-corrected chi connectivity index (χ0v) is 22.0. The van der Waals surface area contributed by atoms with Crippen LogP contribution in [0.15, 0.2) is 133 Å². The van der Waals surface area contributed by atoms with E-state index >= 15 is 0 Å².